The number of hydroxylamine groups is 1. The van der Waals surface area contributed by atoms with E-state index < -0.39 is 17.7 Å². The molecule has 0 fully saturated rings. The van der Waals surface area contributed by atoms with Crippen LogP contribution in [0, 0.1) is 5.92 Å². The van der Waals surface area contributed by atoms with E-state index in [2.05, 4.69) is 0 Å². The smallest absolute Gasteiger partial charge is 0.274 e. The van der Waals surface area contributed by atoms with Gasteiger partial charge >= 0.3 is 0 Å². The van der Waals surface area contributed by atoms with Gasteiger partial charge in [-0.05, 0) is 47.9 Å². The topological polar surface area (TPSA) is 122 Å². The van der Waals surface area contributed by atoms with Crippen LogP contribution in [-0.2, 0) is 6.42 Å². The van der Waals surface area contributed by atoms with E-state index in [1.165, 1.54) is 42.7 Å². The van der Waals surface area contributed by atoms with Crippen molar-refractivity contribution in [3.63, 3.8) is 0 Å². The summed E-state index contributed by atoms with van der Waals surface area (Å²) in [5.41, 5.74) is 4.62. The molecule has 1 amide bonds. The van der Waals surface area contributed by atoms with Gasteiger partial charge in [0.15, 0.2) is 28.8 Å². The fraction of sp³-hybridized carbons (Fsp3) is 0.310. The minimum Gasteiger partial charge on any atom is -0.493 e. The number of carbonyl (C=O) groups is 2. The zero-order valence-corrected chi connectivity index (χ0v) is 22.6. The van der Waals surface area contributed by atoms with Gasteiger partial charge in [0, 0.05) is 28.5 Å². The Morgan fingerprint density at radius 1 is 0.769 bits per heavy atom. The highest BCUT2D eigenvalue weighted by Gasteiger charge is 2.45. The first-order valence-electron chi connectivity index (χ1n) is 12.1. The standard InChI is InChI=1S/C29H31NO9/c1-34-20-12-17(13-21(35-2)26(20)37-4)23-18(11-15-7-9-16(10-8-15)29(32)30-33)25(31)19-14-22(36-3)27(38-5)28(39-6)24(19)23/h7-10,12-14,18,23,33H,11H2,1-6H3,(H,30,32). The molecule has 0 spiro atoms. The Hall–Kier alpha value is -4.44. The molecule has 1 aliphatic rings. The molecule has 0 bridgehead atoms. The number of Topliss-reactive ketones (excluding diaryl/α,β-unsaturated/α-hetero) is 1. The Bertz CT molecular complexity index is 1360. The number of ether oxygens (including phenoxy) is 6. The quantitative estimate of drug-likeness (QED) is 0.291. The lowest BCUT2D eigenvalue weighted by Gasteiger charge is -2.24. The summed E-state index contributed by atoms with van der Waals surface area (Å²) < 4.78 is 33.7. The average molecular weight is 538 g/mol. The predicted octanol–water partition coefficient (Wildman–Crippen LogP) is 4.04. The average Bonchev–Trinajstić information content (AvgIpc) is 3.25. The van der Waals surface area contributed by atoms with Crippen molar-refractivity contribution in [1.82, 2.24) is 5.48 Å². The van der Waals surface area contributed by atoms with Crippen LogP contribution in [-0.4, -0.2) is 59.6 Å². The van der Waals surface area contributed by atoms with Gasteiger partial charge in [0.05, 0.1) is 42.7 Å². The third-order valence-electron chi connectivity index (χ3n) is 7.00. The van der Waals surface area contributed by atoms with E-state index in [4.69, 9.17) is 33.6 Å². The van der Waals surface area contributed by atoms with Crippen molar-refractivity contribution in [1.29, 1.82) is 0 Å². The molecule has 2 atom stereocenters. The fourth-order valence-corrected chi connectivity index (χ4v) is 5.24. The zero-order valence-electron chi connectivity index (χ0n) is 22.6. The zero-order chi connectivity index (χ0) is 28.3. The van der Waals surface area contributed by atoms with Crippen molar-refractivity contribution < 1.29 is 43.2 Å². The molecule has 39 heavy (non-hydrogen) atoms. The molecule has 0 aliphatic heterocycles. The minimum atomic E-state index is -0.620. The fourth-order valence-electron chi connectivity index (χ4n) is 5.24. The molecule has 0 heterocycles. The number of fused-ring (bicyclic) bond motifs is 1. The van der Waals surface area contributed by atoms with Crippen LogP contribution < -0.4 is 33.9 Å². The lowest BCUT2D eigenvalue weighted by molar-refractivity contribution is 0.0706. The molecule has 4 rings (SSSR count). The molecule has 10 heteroatoms. The Kier molecular flexibility index (Phi) is 8.15. The number of amides is 1. The molecule has 1 aliphatic carbocycles. The van der Waals surface area contributed by atoms with Crippen molar-refractivity contribution in [2.24, 2.45) is 5.92 Å². The number of rotatable bonds is 10. The SMILES string of the molecule is COc1cc(C2c3c(cc(OC)c(OC)c3OC)C(=O)C2Cc2ccc(C(=O)NO)cc2)cc(OC)c1OC. The lowest BCUT2D eigenvalue weighted by Crippen LogP contribution is -2.19. The molecular weight excluding hydrogens is 506 g/mol. The Balaban J connectivity index is 1.93. The maximum absolute atomic E-state index is 14.0. The molecular formula is C29H31NO9. The van der Waals surface area contributed by atoms with Crippen LogP contribution in [0.4, 0.5) is 0 Å². The van der Waals surface area contributed by atoms with Gasteiger partial charge in [-0.3, -0.25) is 14.8 Å². The second-order valence-corrected chi connectivity index (χ2v) is 8.86. The monoisotopic (exact) mass is 537 g/mol. The summed E-state index contributed by atoms with van der Waals surface area (Å²) in [6.45, 7) is 0. The minimum absolute atomic E-state index is 0.0971. The van der Waals surface area contributed by atoms with Gasteiger partial charge in [-0.1, -0.05) is 12.1 Å². The molecule has 2 unspecified atom stereocenters. The molecule has 10 nitrogen and oxygen atoms in total. The summed E-state index contributed by atoms with van der Waals surface area (Å²) >= 11 is 0. The second kappa shape index (κ2) is 11.5. The number of methoxy groups -OCH3 is 6. The summed E-state index contributed by atoms with van der Waals surface area (Å²) in [6, 6.07) is 12.0. The van der Waals surface area contributed by atoms with Gasteiger partial charge in [-0.25, -0.2) is 5.48 Å². The predicted molar refractivity (Wildman–Crippen MR) is 141 cm³/mol. The van der Waals surface area contributed by atoms with Gasteiger partial charge in [0.2, 0.25) is 11.5 Å². The van der Waals surface area contributed by atoms with Gasteiger partial charge in [-0.15, -0.1) is 0 Å². The highest BCUT2D eigenvalue weighted by molar-refractivity contribution is 6.06. The van der Waals surface area contributed by atoms with Crippen LogP contribution in [0.5, 0.6) is 34.5 Å². The largest absolute Gasteiger partial charge is 0.493 e. The van der Waals surface area contributed by atoms with E-state index in [1.54, 1.807) is 35.8 Å². The third-order valence-corrected chi connectivity index (χ3v) is 7.00. The maximum Gasteiger partial charge on any atom is 0.274 e. The number of ketones is 1. The first-order valence-corrected chi connectivity index (χ1v) is 12.1. The molecule has 0 aromatic heterocycles. The molecule has 2 N–H and O–H groups in total. The van der Waals surface area contributed by atoms with Crippen molar-refractivity contribution in [3.8, 4) is 34.5 Å². The summed E-state index contributed by atoms with van der Waals surface area (Å²) in [6.07, 6.45) is 0.351. The number of nitrogens with one attached hydrogen (secondary N) is 1. The van der Waals surface area contributed by atoms with Crippen LogP contribution in [0.2, 0.25) is 0 Å². The Morgan fingerprint density at radius 3 is 1.79 bits per heavy atom. The van der Waals surface area contributed by atoms with Crippen LogP contribution >= 0.6 is 0 Å². The summed E-state index contributed by atoms with van der Waals surface area (Å²) in [4.78, 5) is 25.8. The second-order valence-electron chi connectivity index (χ2n) is 8.86. The van der Waals surface area contributed by atoms with Crippen LogP contribution in [0.3, 0.4) is 0 Å². The van der Waals surface area contributed by atoms with E-state index in [9.17, 15) is 9.59 Å². The molecule has 0 radical (unpaired) electrons. The Labute approximate surface area is 226 Å². The molecule has 0 saturated heterocycles. The highest BCUT2D eigenvalue weighted by atomic mass is 16.5. The molecule has 3 aromatic carbocycles. The van der Waals surface area contributed by atoms with Crippen LogP contribution in [0.15, 0.2) is 42.5 Å². The van der Waals surface area contributed by atoms with E-state index in [0.717, 1.165) is 11.1 Å². The van der Waals surface area contributed by atoms with Crippen molar-refractivity contribution in [2.45, 2.75) is 12.3 Å². The first kappa shape index (κ1) is 27.6. The number of carbonyl (C=O) groups excluding carboxylic acids is 2. The highest BCUT2D eigenvalue weighted by Crippen LogP contribution is 2.55. The summed E-state index contributed by atoms with van der Waals surface area (Å²) in [7, 11) is 9.13. The van der Waals surface area contributed by atoms with Gasteiger partial charge in [0.25, 0.3) is 5.91 Å². The van der Waals surface area contributed by atoms with E-state index in [0.29, 0.717) is 57.6 Å². The first-order chi connectivity index (χ1) is 18.9. The number of hydrogen-bond donors (Lipinski definition) is 2. The van der Waals surface area contributed by atoms with E-state index in [1.807, 2.05) is 12.1 Å². The number of hydrogen-bond acceptors (Lipinski definition) is 9. The summed E-state index contributed by atoms with van der Waals surface area (Å²) in [5, 5.41) is 8.93. The maximum atomic E-state index is 14.0. The van der Waals surface area contributed by atoms with Gasteiger partial charge in [-0.2, -0.15) is 0 Å². The normalized spacial score (nSPS) is 15.8. The van der Waals surface area contributed by atoms with Gasteiger partial charge in [0.1, 0.15) is 0 Å². The molecule has 206 valence electrons. The third kappa shape index (κ3) is 4.79. The van der Waals surface area contributed by atoms with Crippen molar-refractivity contribution in [2.75, 3.05) is 42.7 Å². The summed E-state index contributed by atoms with van der Waals surface area (Å²) in [5.74, 6) is 0.746. The van der Waals surface area contributed by atoms with Crippen LogP contribution in [0.1, 0.15) is 43.3 Å². The molecule has 0 saturated carbocycles. The molecule has 3 aromatic rings. The van der Waals surface area contributed by atoms with E-state index in [-0.39, 0.29) is 5.78 Å². The number of benzene rings is 3. The Morgan fingerprint density at radius 2 is 1.31 bits per heavy atom. The van der Waals surface area contributed by atoms with Gasteiger partial charge < -0.3 is 28.4 Å². The lowest BCUT2D eigenvalue weighted by atomic mass is 9.81. The van der Waals surface area contributed by atoms with Crippen LogP contribution in [0.25, 0.3) is 0 Å². The van der Waals surface area contributed by atoms with Crippen molar-refractivity contribution >= 4 is 11.7 Å². The van der Waals surface area contributed by atoms with Crippen molar-refractivity contribution in [3.05, 3.63) is 70.3 Å². The van der Waals surface area contributed by atoms with E-state index >= 15 is 0 Å².